The van der Waals surface area contributed by atoms with Crippen LogP contribution < -0.4 is 4.90 Å². The summed E-state index contributed by atoms with van der Waals surface area (Å²) in [5.41, 5.74) is -3.89. The number of amides is 1. The largest absolute Gasteiger partial charge is 0.465 e. The van der Waals surface area contributed by atoms with E-state index in [1.165, 1.54) is 24.3 Å². The molecule has 2 aromatic rings. The second kappa shape index (κ2) is 7.57. The van der Waals surface area contributed by atoms with Crippen LogP contribution in [0.3, 0.4) is 0 Å². The van der Waals surface area contributed by atoms with Crippen LogP contribution >= 0.6 is 0 Å². The normalized spacial score (nSPS) is 24.0. The third-order valence-corrected chi connectivity index (χ3v) is 6.58. The first-order valence-electron chi connectivity index (χ1n) is 10.0. The number of nitro groups is 1. The van der Waals surface area contributed by atoms with Crippen molar-refractivity contribution in [2.24, 2.45) is 11.3 Å². The number of rotatable bonds is 4. The molecule has 0 bridgehead atoms. The second-order valence-corrected chi connectivity index (χ2v) is 7.96. The fourth-order valence-corrected chi connectivity index (χ4v) is 5.29. The first-order chi connectivity index (χ1) is 15.8. The fourth-order valence-electron chi connectivity index (χ4n) is 5.29. The maximum atomic E-state index is 13.7. The number of nitriles is 2. The average Bonchev–Trinajstić information content (AvgIpc) is 3.33. The van der Waals surface area contributed by atoms with Gasteiger partial charge in [0.2, 0.25) is 0 Å². The number of carbonyl (C=O) groups excluding carboxylic acids is 2. The highest BCUT2D eigenvalue weighted by atomic mass is 16.6. The topological polar surface area (TPSA) is 137 Å². The van der Waals surface area contributed by atoms with Gasteiger partial charge in [0.15, 0.2) is 5.41 Å². The molecule has 0 spiro atoms. The molecular weight excluding hydrogens is 424 g/mol. The summed E-state index contributed by atoms with van der Waals surface area (Å²) in [5.74, 6) is -2.45. The number of ether oxygens (including phenoxy) is 1. The number of hydrogen-bond donors (Lipinski definition) is 0. The Morgan fingerprint density at radius 1 is 1.21 bits per heavy atom. The average molecular weight is 442 g/mol. The van der Waals surface area contributed by atoms with Gasteiger partial charge in [-0.25, -0.2) is 4.79 Å². The highest BCUT2D eigenvalue weighted by molar-refractivity contribution is 6.10. The highest BCUT2D eigenvalue weighted by Gasteiger charge is 2.78. The number of carbonyl (C=O) groups is 2. The second-order valence-electron chi connectivity index (χ2n) is 7.96. The van der Waals surface area contributed by atoms with E-state index in [0.29, 0.717) is 0 Å². The molecule has 1 heterocycles. The van der Waals surface area contributed by atoms with Crippen molar-refractivity contribution in [1.82, 2.24) is 0 Å². The van der Waals surface area contributed by atoms with Gasteiger partial charge in [0.05, 0.1) is 42.0 Å². The number of methoxy groups -OCH3 is 1. The first kappa shape index (κ1) is 21.7. The Kier molecular flexibility index (Phi) is 4.98. The van der Waals surface area contributed by atoms with E-state index in [2.05, 4.69) is 6.58 Å². The monoisotopic (exact) mass is 442 g/mol. The van der Waals surface area contributed by atoms with Gasteiger partial charge in [-0.2, -0.15) is 10.5 Å². The van der Waals surface area contributed by atoms with Crippen LogP contribution in [0.2, 0.25) is 0 Å². The van der Waals surface area contributed by atoms with Gasteiger partial charge < -0.3 is 4.74 Å². The molecule has 164 valence electrons. The van der Waals surface area contributed by atoms with E-state index in [4.69, 9.17) is 4.74 Å². The van der Waals surface area contributed by atoms with E-state index in [0.717, 1.165) is 12.0 Å². The van der Waals surface area contributed by atoms with Crippen LogP contribution in [0, 0.1) is 44.1 Å². The lowest BCUT2D eigenvalue weighted by Crippen LogP contribution is -2.56. The van der Waals surface area contributed by atoms with Crippen molar-refractivity contribution in [2.45, 2.75) is 18.0 Å². The molecule has 9 heteroatoms. The maximum absolute atomic E-state index is 13.7. The van der Waals surface area contributed by atoms with E-state index in [9.17, 15) is 30.2 Å². The summed E-state index contributed by atoms with van der Waals surface area (Å²) in [6, 6.07) is 14.8. The number of esters is 1. The zero-order valence-electron chi connectivity index (χ0n) is 17.6. The van der Waals surface area contributed by atoms with E-state index in [1.54, 1.807) is 30.3 Å². The molecular formula is C24H18N4O5. The summed E-state index contributed by atoms with van der Waals surface area (Å²) in [6.45, 7) is 3.72. The summed E-state index contributed by atoms with van der Waals surface area (Å²) < 4.78 is 4.87. The predicted molar refractivity (Wildman–Crippen MR) is 115 cm³/mol. The van der Waals surface area contributed by atoms with Crippen molar-refractivity contribution in [3.8, 4) is 12.1 Å². The number of benzene rings is 2. The molecule has 0 unspecified atom stereocenters. The zero-order chi connectivity index (χ0) is 24.0. The van der Waals surface area contributed by atoms with Crippen molar-refractivity contribution < 1.29 is 19.2 Å². The van der Waals surface area contributed by atoms with Crippen molar-refractivity contribution >= 4 is 17.6 Å². The minimum absolute atomic E-state index is 0.0478. The Hall–Kier alpha value is -4.50. The molecule has 2 aliphatic rings. The van der Waals surface area contributed by atoms with Gasteiger partial charge in [-0.1, -0.05) is 30.3 Å². The molecule has 1 aliphatic carbocycles. The van der Waals surface area contributed by atoms with Gasteiger partial charge in [0.25, 0.3) is 11.4 Å². The molecule has 3 atom stereocenters. The van der Waals surface area contributed by atoms with Gasteiger partial charge in [0.1, 0.15) is 6.04 Å². The maximum Gasteiger partial charge on any atom is 0.338 e. The smallest absolute Gasteiger partial charge is 0.338 e. The Balaban J connectivity index is 2.15. The molecule has 0 N–H and O–H groups in total. The van der Waals surface area contributed by atoms with Crippen LogP contribution in [0.25, 0.3) is 0 Å². The number of hydrogen-bond acceptors (Lipinski definition) is 7. The molecule has 1 amide bonds. The SMILES string of the molecule is C=C[C@H]1CC(C#N)(C#N)[C@@H]2N(C(=O)c3ccccc3)c3cccc(C(=O)OC)c3[C@]12[N+](=O)[O-]. The molecule has 9 nitrogen and oxygen atoms in total. The molecule has 1 fully saturated rings. The van der Waals surface area contributed by atoms with E-state index in [-0.39, 0.29) is 28.8 Å². The molecule has 4 rings (SSSR count). The molecule has 1 saturated carbocycles. The number of anilines is 1. The Labute approximate surface area is 189 Å². The van der Waals surface area contributed by atoms with Crippen LogP contribution in [0.15, 0.2) is 61.2 Å². The third kappa shape index (κ3) is 2.63. The standard InChI is InChI=1S/C24H18N4O5/c1-3-16-12-23(13-25,14-26)22-24(16,28(31)32)19-17(21(30)33-2)10-7-11-18(19)27(22)20(29)15-8-5-4-6-9-15/h3-11,16,22H,1,12H2,2H3/t16-,22-,24+/m0/s1. The minimum atomic E-state index is -2.14. The Morgan fingerprint density at radius 2 is 1.88 bits per heavy atom. The molecule has 2 aromatic carbocycles. The molecule has 0 saturated heterocycles. The molecule has 0 radical (unpaired) electrons. The fraction of sp³-hybridized carbons (Fsp3) is 0.250. The summed E-state index contributed by atoms with van der Waals surface area (Å²) >= 11 is 0. The van der Waals surface area contributed by atoms with E-state index >= 15 is 0 Å². The minimum Gasteiger partial charge on any atom is -0.465 e. The van der Waals surface area contributed by atoms with E-state index in [1.807, 2.05) is 12.1 Å². The number of nitrogens with zero attached hydrogens (tertiary/aromatic N) is 4. The summed E-state index contributed by atoms with van der Waals surface area (Å²) in [4.78, 5) is 39.8. The van der Waals surface area contributed by atoms with Crippen LogP contribution in [0.4, 0.5) is 5.69 Å². The molecule has 1 aliphatic heterocycles. The van der Waals surface area contributed by atoms with Crippen LogP contribution in [-0.4, -0.2) is 30.0 Å². The molecule has 33 heavy (non-hydrogen) atoms. The summed E-state index contributed by atoms with van der Waals surface area (Å²) in [5, 5.41) is 33.0. The summed E-state index contributed by atoms with van der Waals surface area (Å²) in [6.07, 6.45) is 1.10. The summed E-state index contributed by atoms with van der Waals surface area (Å²) in [7, 11) is 1.15. The van der Waals surface area contributed by atoms with Crippen LogP contribution in [-0.2, 0) is 10.3 Å². The van der Waals surface area contributed by atoms with Crippen molar-refractivity contribution in [3.63, 3.8) is 0 Å². The lowest BCUT2D eigenvalue weighted by atomic mass is 9.76. The molecule has 0 aromatic heterocycles. The van der Waals surface area contributed by atoms with Gasteiger partial charge >= 0.3 is 5.97 Å². The van der Waals surface area contributed by atoms with Crippen LogP contribution in [0.5, 0.6) is 0 Å². The first-order valence-corrected chi connectivity index (χ1v) is 10.0. The Morgan fingerprint density at radius 3 is 2.42 bits per heavy atom. The van der Waals surface area contributed by atoms with Crippen molar-refractivity contribution in [1.29, 1.82) is 10.5 Å². The van der Waals surface area contributed by atoms with Crippen molar-refractivity contribution in [3.05, 3.63) is 88.0 Å². The van der Waals surface area contributed by atoms with Gasteiger partial charge in [-0.3, -0.25) is 19.8 Å². The van der Waals surface area contributed by atoms with Crippen LogP contribution in [0.1, 0.15) is 32.7 Å². The van der Waals surface area contributed by atoms with Gasteiger partial charge in [0, 0.05) is 10.5 Å². The van der Waals surface area contributed by atoms with Gasteiger partial charge in [-0.05, 0) is 30.7 Å². The lowest BCUT2D eigenvalue weighted by molar-refractivity contribution is -0.585. The Bertz CT molecular complexity index is 1260. The quantitative estimate of drug-likeness (QED) is 0.307. The highest BCUT2D eigenvalue weighted by Crippen LogP contribution is 2.64. The van der Waals surface area contributed by atoms with Gasteiger partial charge in [-0.15, -0.1) is 6.58 Å². The third-order valence-electron chi connectivity index (χ3n) is 6.58. The zero-order valence-corrected chi connectivity index (χ0v) is 17.6. The van der Waals surface area contributed by atoms with Crippen molar-refractivity contribution in [2.75, 3.05) is 12.0 Å². The predicted octanol–water partition coefficient (Wildman–Crippen LogP) is 3.21. The lowest BCUT2D eigenvalue weighted by Gasteiger charge is -2.32. The number of fused-ring (bicyclic) bond motifs is 3. The van der Waals surface area contributed by atoms with E-state index < -0.39 is 39.7 Å².